The Hall–Kier alpha value is -1.66. The van der Waals surface area contributed by atoms with Crippen LogP contribution in [0.5, 0.6) is 0 Å². The highest BCUT2D eigenvalue weighted by Crippen LogP contribution is 2.07. The molecule has 0 spiro atoms. The first-order valence-corrected chi connectivity index (χ1v) is 6.86. The van der Waals surface area contributed by atoms with Gasteiger partial charge in [-0.05, 0) is 0 Å². The lowest BCUT2D eigenvalue weighted by Crippen LogP contribution is -2.52. The Kier molecular flexibility index (Phi) is 6.41. The molecule has 0 radical (unpaired) electrons. The number of ketones is 2. The second-order valence-corrected chi connectivity index (χ2v) is 4.59. The van der Waals surface area contributed by atoms with Gasteiger partial charge in [0.1, 0.15) is 12.1 Å². The van der Waals surface area contributed by atoms with Crippen molar-refractivity contribution in [1.29, 1.82) is 0 Å². The van der Waals surface area contributed by atoms with Gasteiger partial charge in [0.2, 0.25) is 0 Å². The number of rotatable bonds is 8. The van der Waals surface area contributed by atoms with Crippen LogP contribution in [0.4, 0.5) is 0 Å². The molecule has 5 nitrogen and oxygen atoms in total. The minimum absolute atomic E-state index is 0.00903. The minimum Gasteiger partial charge on any atom is -0.480 e. The Morgan fingerprint density at radius 1 is 1.25 bits per heavy atom. The third kappa shape index (κ3) is 4.18. The third-order valence-electron chi connectivity index (χ3n) is 2.84. The van der Waals surface area contributed by atoms with Gasteiger partial charge in [-0.2, -0.15) is 12.6 Å². The van der Waals surface area contributed by atoms with Crippen LogP contribution >= 0.6 is 12.6 Å². The maximum Gasteiger partial charge on any atom is 0.321 e. The molecule has 0 amide bonds. The van der Waals surface area contributed by atoms with Gasteiger partial charge in [0.25, 0.3) is 0 Å². The maximum atomic E-state index is 12.3. The molecule has 0 saturated heterocycles. The zero-order valence-corrected chi connectivity index (χ0v) is 12.0. The molecule has 2 atom stereocenters. The van der Waals surface area contributed by atoms with Gasteiger partial charge in [0.05, 0.1) is 0 Å². The molecular formula is C14H17NO4S. The van der Waals surface area contributed by atoms with Gasteiger partial charge in [0.15, 0.2) is 11.6 Å². The normalized spacial score (nSPS) is 13.5. The molecular weight excluding hydrogens is 278 g/mol. The van der Waals surface area contributed by atoms with Gasteiger partial charge in [-0.15, -0.1) is 0 Å². The Morgan fingerprint density at radius 3 is 2.30 bits per heavy atom. The summed E-state index contributed by atoms with van der Waals surface area (Å²) in [5.41, 5.74) is 0.370. The van der Waals surface area contributed by atoms with E-state index >= 15 is 0 Å². The molecule has 20 heavy (non-hydrogen) atoms. The Balaban J connectivity index is 2.98. The number of benzene rings is 1. The summed E-state index contributed by atoms with van der Waals surface area (Å²) in [6.07, 6.45) is 0.148. The highest BCUT2D eigenvalue weighted by Gasteiger charge is 2.30. The summed E-state index contributed by atoms with van der Waals surface area (Å²) >= 11 is 3.92. The molecule has 2 N–H and O–H groups in total. The molecule has 0 aliphatic carbocycles. The van der Waals surface area contributed by atoms with Crippen LogP contribution in [0.25, 0.3) is 0 Å². The Morgan fingerprint density at radius 2 is 1.85 bits per heavy atom. The Bertz CT molecular complexity index is 489. The molecule has 0 aliphatic rings. The van der Waals surface area contributed by atoms with Crippen LogP contribution in [0.2, 0.25) is 0 Å². The van der Waals surface area contributed by atoms with Crippen molar-refractivity contribution in [2.45, 2.75) is 25.4 Å². The van der Waals surface area contributed by atoms with Crippen LogP contribution < -0.4 is 5.32 Å². The van der Waals surface area contributed by atoms with E-state index in [1.807, 2.05) is 0 Å². The smallest absolute Gasteiger partial charge is 0.321 e. The average molecular weight is 295 g/mol. The summed E-state index contributed by atoms with van der Waals surface area (Å²) in [4.78, 5) is 35.2. The topological polar surface area (TPSA) is 83.5 Å². The van der Waals surface area contributed by atoms with Crippen molar-refractivity contribution in [2.75, 3.05) is 5.75 Å². The Labute approximate surface area is 122 Å². The van der Waals surface area contributed by atoms with E-state index in [-0.39, 0.29) is 18.0 Å². The summed E-state index contributed by atoms with van der Waals surface area (Å²) in [7, 11) is 0. The first-order chi connectivity index (χ1) is 9.51. The van der Waals surface area contributed by atoms with Crippen LogP contribution in [0.1, 0.15) is 23.7 Å². The largest absolute Gasteiger partial charge is 0.480 e. The van der Waals surface area contributed by atoms with Crippen LogP contribution in [0.15, 0.2) is 30.3 Å². The monoisotopic (exact) mass is 295 g/mol. The number of carbonyl (C=O) groups is 3. The second kappa shape index (κ2) is 7.81. The fourth-order valence-electron chi connectivity index (χ4n) is 1.69. The molecule has 1 rings (SSSR count). The van der Waals surface area contributed by atoms with Crippen molar-refractivity contribution in [1.82, 2.24) is 5.32 Å². The lowest BCUT2D eigenvalue weighted by molar-refractivity contribution is -0.139. The van der Waals surface area contributed by atoms with E-state index in [1.54, 1.807) is 37.3 Å². The second-order valence-electron chi connectivity index (χ2n) is 4.22. The zero-order valence-electron chi connectivity index (χ0n) is 11.1. The van der Waals surface area contributed by atoms with Crippen LogP contribution in [0.3, 0.4) is 0 Å². The number of hydrogen-bond donors (Lipinski definition) is 3. The number of carboxylic acid groups (broad SMARTS) is 1. The summed E-state index contributed by atoms with van der Waals surface area (Å²) < 4.78 is 0. The van der Waals surface area contributed by atoms with Gasteiger partial charge < -0.3 is 5.11 Å². The van der Waals surface area contributed by atoms with Crippen molar-refractivity contribution < 1.29 is 19.5 Å². The molecule has 2 unspecified atom stereocenters. The van der Waals surface area contributed by atoms with E-state index in [0.717, 1.165) is 0 Å². The SMILES string of the molecule is CCC(=O)C(NC(CS)C(=O)O)C(=O)c1ccccc1. The first kappa shape index (κ1) is 16.4. The molecule has 108 valence electrons. The predicted molar refractivity (Wildman–Crippen MR) is 78.3 cm³/mol. The van der Waals surface area contributed by atoms with Gasteiger partial charge in [0, 0.05) is 17.7 Å². The highest BCUT2D eigenvalue weighted by atomic mass is 32.1. The predicted octanol–water partition coefficient (Wildman–Crippen LogP) is 1.19. The van der Waals surface area contributed by atoms with Crippen molar-refractivity contribution in [3.8, 4) is 0 Å². The van der Waals surface area contributed by atoms with Crippen molar-refractivity contribution in [2.24, 2.45) is 0 Å². The quantitative estimate of drug-likeness (QED) is 0.381. The summed E-state index contributed by atoms with van der Waals surface area (Å²) in [5.74, 6) is -1.92. The van der Waals surface area contributed by atoms with E-state index in [2.05, 4.69) is 17.9 Å². The van der Waals surface area contributed by atoms with E-state index in [1.165, 1.54) is 0 Å². The van der Waals surface area contributed by atoms with E-state index in [4.69, 9.17) is 5.11 Å². The number of aliphatic carboxylic acids is 1. The molecule has 1 aromatic carbocycles. The average Bonchev–Trinajstić information content (AvgIpc) is 2.47. The number of carboxylic acids is 1. The standard InChI is InChI=1S/C14H17NO4S/c1-2-11(16)12(15-10(8-20)14(18)19)13(17)9-6-4-3-5-7-9/h3-7,10,12,15,20H,2,8H2,1H3,(H,18,19). The number of hydrogen-bond acceptors (Lipinski definition) is 5. The number of Topliss-reactive ketones (excluding diaryl/α,β-unsaturated/α-hetero) is 2. The summed E-state index contributed by atoms with van der Waals surface area (Å²) in [6, 6.07) is 6.12. The fraction of sp³-hybridized carbons (Fsp3) is 0.357. The van der Waals surface area contributed by atoms with Crippen LogP contribution in [0, 0.1) is 0 Å². The first-order valence-electron chi connectivity index (χ1n) is 6.23. The van der Waals surface area contributed by atoms with Crippen molar-refractivity contribution in [3.63, 3.8) is 0 Å². The molecule has 0 bridgehead atoms. The highest BCUT2D eigenvalue weighted by molar-refractivity contribution is 7.80. The molecule has 0 heterocycles. The third-order valence-corrected chi connectivity index (χ3v) is 3.20. The van der Waals surface area contributed by atoms with E-state index in [0.29, 0.717) is 5.56 Å². The van der Waals surface area contributed by atoms with E-state index < -0.39 is 23.8 Å². The fourth-order valence-corrected chi connectivity index (χ4v) is 1.95. The van der Waals surface area contributed by atoms with Gasteiger partial charge in [-0.25, -0.2) is 0 Å². The van der Waals surface area contributed by atoms with Crippen molar-refractivity contribution >= 4 is 30.2 Å². The zero-order chi connectivity index (χ0) is 15.1. The van der Waals surface area contributed by atoms with Gasteiger partial charge in [-0.1, -0.05) is 37.3 Å². The van der Waals surface area contributed by atoms with Gasteiger partial charge >= 0.3 is 5.97 Å². The summed E-state index contributed by atoms with van der Waals surface area (Å²) in [5, 5.41) is 11.6. The molecule has 0 fully saturated rings. The number of thiol groups is 1. The molecule has 0 saturated carbocycles. The number of nitrogens with one attached hydrogen (secondary N) is 1. The van der Waals surface area contributed by atoms with Crippen LogP contribution in [-0.4, -0.2) is 40.5 Å². The summed E-state index contributed by atoms with van der Waals surface area (Å²) in [6.45, 7) is 1.63. The lowest BCUT2D eigenvalue weighted by atomic mass is 9.98. The van der Waals surface area contributed by atoms with Gasteiger partial charge in [-0.3, -0.25) is 19.7 Å². The lowest BCUT2D eigenvalue weighted by Gasteiger charge is -2.20. The van der Waals surface area contributed by atoms with Crippen molar-refractivity contribution in [3.05, 3.63) is 35.9 Å². The molecule has 0 aliphatic heterocycles. The molecule has 6 heteroatoms. The minimum atomic E-state index is -1.16. The number of carbonyl (C=O) groups excluding carboxylic acids is 2. The van der Waals surface area contributed by atoms with Crippen LogP contribution in [-0.2, 0) is 9.59 Å². The molecule has 1 aromatic rings. The van der Waals surface area contributed by atoms with E-state index in [9.17, 15) is 14.4 Å². The maximum absolute atomic E-state index is 12.3. The molecule has 0 aromatic heterocycles.